The van der Waals surface area contributed by atoms with E-state index >= 15 is 0 Å². The van der Waals surface area contributed by atoms with Crippen molar-refractivity contribution in [2.75, 3.05) is 5.32 Å². The Morgan fingerprint density at radius 2 is 2.14 bits per heavy atom. The number of imidazole rings is 1. The SMILES string of the molecule is O=C(Nc1ccc([N+](=O)[O-])cc1F)c1nc[nH]c1C(=O)O. The molecule has 2 aromatic rings. The molecule has 0 spiro atoms. The number of hydrogen-bond acceptors (Lipinski definition) is 5. The van der Waals surface area contributed by atoms with Crippen molar-refractivity contribution in [2.45, 2.75) is 0 Å². The molecular weight excluding hydrogens is 287 g/mol. The molecule has 1 amide bonds. The largest absolute Gasteiger partial charge is 0.477 e. The Morgan fingerprint density at radius 1 is 1.43 bits per heavy atom. The lowest BCUT2D eigenvalue weighted by atomic mass is 10.2. The zero-order chi connectivity index (χ0) is 15.6. The summed E-state index contributed by atoms with van der Waals surface area (Å²) in [6.45, 7) is 0. The fraction of sp³-hybridized carbons (Fsp3) is 0. The van der Waals surface area contributed by atoms with E-state index in [2.05, 4.69) is 15.3 Å². The third-order valence-corrected chi connectivity index (χ3v) is 2.48. The monoisotopic (exact) mass is 294 g/mol. The van der Waals surface area contributed by atoms with Crippen LogP contribution in [0.5, 0.6) is 0 Å². The van der Waals surface area contributed by atoms with Crippen LogP contribution in [-0.4, -0.2) is 31.9 Å². The topological polar surface area (TPSA) is 138 Å². The fourth-order valence-electron chi connectivity index (χ4n) is 1.53. The van der Waals surface area contributed by atoms with Crippen molar-refractivity contribution < 1.29 is 24.0 Å². The van der Waals surface area contributed by atoms with Crippen molar-refractivity contribution in [1.29, 1.82) is 0 Å². The van der Waals surface area contributed by atoms with Crippen LogP contribution in [0.2, 0.25) is 0 Å². The maximum absolute atomic E-state index is 13.6. The normalized spacial score (nSPS) is 10.1. The molecule has 0 unspecified atom stereocenters. The quantitative estimate of drug-likeness (QED) is 0.575. The highest BCUT2D eigenvalue weighted by Gasteiger charge is 2.21. The Bertz CT molecular complexity index is 742. The number of carboxylic acid groups (broad SMARTS) is 1. The van der Waals surface area contributed by atoms with Crippen molar-refractivity contribution in [3.05, 3.63) is 51.8 Å². The van der Waals surface area contributed by atoms with Gasteiger partial charge >= 0.3 is 5.97 Å². The van der Waals surface area contributed by atoms with Gasteiger partial charge in [0.15, 0.2) is 17.2 Å². The standard InChI is InChI=1S/C11H7FN4O5/c12-6-3-5(16(20)21)1-2-7(6)15-10(17)8-9(11(18)19)14-4-13-8/h1-4H,(H,13,14)(H,15,17)(H,18,19). The number of nitro groups is 1. The first-order chi connectivity index (χ1) is 9.90. The summed E-state index contributed by atoms with van der Waals surface area (Å²) in [5.74, 6) is -3.38. The van der Waals surface area contributed by atoms with E-state index in [1.807, 2.05) is 0 Å². The number of aromatic carboxylic acids is 1. The number of aromatic amines is 1. The summed E-state index contributed by atoms with van der Waals surface area (Å²) in [5.41, 5.74) is -1.68. The lowest BCUT2D eigenvalue weighted by Crippen LogP contribution is -2.17. The third-order valence-electron chi connectivity index (χ3n) is 2.48. The minimum absolute atomic E-state index is 0.329. The van der Waals surface area contributed by atoms with E-state index in [9.17, 15) is 24.1 Å². The second-order valence-electron chi connectivity index (χ2n) is 3.81. The van der Waals surface area contributed by atoms with Crippen LogP contribution in [0.4, 0.5) is 15.8 Å². The molecule has 0 bridgehead atoms. The van der Waals surface area contributed by atoms with Crippen molar-refractivity contribution in [1.82, 2.24) is 9.97 Å². The van der Waals surface area contributed by atoms with Crippen LogP contribution in [0.15, 0.2) is 24.5 Å². The van der Waals surface area contributed by atoms with E-state index in [0.717, 1.165) is 18.5 Å². The summed E-state index contributed by atoms with van der Waals surface area (Å²) >= 11 is 0. The van der Waals surface area contributed by atoms with Gasteiger partial charge < -0.3 is 15.4 Å². The number of benzene rings is 1. The number of halogens is 1. The first-order valence-corrected chi connectivity index (χ1v) is 5.42. The highest BCUT2D eigenvalue weighted by molar-refractivity contribution is 6.08. The smallest absolute Gasteiger partial charge is 0.354 e. The first-order valence-electron chi connectivity index (χ1n) is 5.42. The predicted molar refractivity (Wildman–Crippen MR) is 66.6 cm³/mol. The van der Waals surface area contributed by atoms with Gasteiger partial charge in [0.25, 0.3) is 11.6 Å². The Balaban J connectivity index is 2.26. The van der Waals surface area contributed by atoms with Crippen LogP contribution in [-0.2, 0) is 0 Å². The molecule has 0 atom stereocenters. The average Bonchev–Trinajstić information content (AvgIpc) is 2.90. The van der Waals surface area contributed by atoms with Gasteiger partial charge in [0, 0.05) is 6.07 Å². The summed E-state index contributed by atoms with van der Waals surface area (Å²) in [7, 11) is 0. The summed E-state index contributed by atoms with van der Waals surface area (Å²) in [6, 6.07) is 2.64. The molecule has 1 heterocycles. The van der Waals surface area contributed by atoms with Gasteiger partial charge in [0.1, 0.15) is 0 Å². The van der Waals surface area contributed by atoms with Gasteiger partial charge in [-0.1, -0.05) is 0 Å². The molecular formula is C11H7FN4O5. The maximum Gasteiger partial charge on any atom is 0.354 e. The Hall–Kier alpha value is -3.30. The minimum Gasteiger partial charge on any atom is -0.477 e. The molecule has 21 heavy (non-hydrogen) atoms. The molecule has 0 radical (unpaired) electrons. The van der Waals surface area contributed by atoms with Crippen molar-refractivity contribution in [3.63, 3.8) is 0 Å². The van der Waals surface area contributed by atoms with E-state index in [1.54, 1.807) is 0 Å². The number of nitrogens with one attached hydrogen (secondary N) is 2. The number of carbonyl (C=O) groups is 2. The van der Waals surface area contributed by atoms with Crippen molar-refractivity contribution >= 4 is 23.3 Å². The number of amides is 1. The Labute approximate surface area is 115 Å². The number of nitrogens with zero attached hydrogens (tertiary/aromatic N) is 2. The van der Waals surface area contributed by atoms with Crippen LogP contribution in [0.3, 0.4) is 0 Å². The van der Waals surface area contributed by atoms with E-state index in [-0.39, 0.29) is 5.69 Å². The fourth-order valence-corrected chi connectivity index (χ4v) is 1.53. The molecule has 108 valence electrons. The number of nitro benzene ring substituents is 1. The maximum atomic E-state index is 13.6. The summed E-state index contributed by atoms with van der Waals surface area (Å²) < 4.78 is 13.6. The number of carbonyl (C=O) groups excluding carboxylic acids is 1. The Kier molecular flexibility index (Phi) is 3.61. The molecule has 3 N–H and O–H groups in total. The lowest BCUT2D eigenvalue weighted by Gasteiger charge is -2.05. The molecule has 9 nitrogen and oxygen atoms in total. The molecule has 1 aromatic carbocycles. The molecule has 0 aliphatic carbocycles. The highest BCUT2D eigenvalue weighted by Crippen LogP contribution is 2.21. The van der Waals surface area contributed by atoms with E-state index in [4.69, 9.17) is 5.11 Å². The van der Waals surface area contributed by atoms with Gasteiger partial charge in [-0.05, 0) is 6.07 Å². The molecule has 0 aliphatic heterocycles. The number of hydrogen-bond donors (Lipinski definition) is 3. The van der Waals surface area contributed by atoms with Crippen LogP contribution in [0.25, 0.3) is 0 Å². The van der Waals surface area contributed by atoms with Gasteiger partial charge in [-0.15, -0.1) is 0 Å². The summed E-state index contributed by atoms with van der Waals surface area (Å²) in [4.78, 5) is 38.1. The van der Waals surface area contributed by atoms with Crippen LogP contribution in [0, 0.1) is 15.9 Å². The summed E-state index contributed by atoms with van der Waals surface area (Å²) in [5, 5.41) is 21.4. The molecule has 1 aromatic heterocycles. The van der Waals surface area contributed by atoms with Gasteiger partial charge in [-0.3, -0.25) is 14.9 Å². The third kappa shape index (κ3) is 2.83. The zero-order valence-electron chi connectivity index (χ0n) is 10.2. The minimum atomic E-state index is -1.40. The van der Waals surface area contributed by atoms with E-state index in [0.29, 0.717) is 6.07 Å². The van der Waals surface area contributed by atoms with Gasteiger partial charge in [-0.25, -0.2) is 14.2 Å². The molecule has 0 saturated heterocycles. The molecule has 0 fully saturated rings. The second-order valence-corrected chi connectivity index (χ2v) is 3.81. The van der Waals surface area contributed by atoms with Gasteiger partial charge in [0.05, 0.1) is 23.0 Å². The van der Waals surface area contributed by atoms with Crippen LogP contribution < -0.4 is 5.32 Å². The molecule has 0 aliphatic rings. The van der Waals surface area contributed by atoms with Gasteiger partial charge in [-0.2, -0.15) is 0 Å². The van der Waals surface area contributed by atoms with Crippen molar-refractivity contribution in [3.8, 4) is 0 Å². The average molecular weight is 294 g/mol. The molecule has 0 saturated carbocycles. The van der Waals surface area contributed by atoms with E-state index < -0.39 is 39.7 Å². The number of rotatable bonds is 4. The number of H-pyrrole nitrogens is 1. The van der Waals surface area contributed by atoms with Crippen molar-refractivity contribution in [2.24, 2.45) is 0 Å². The van der Waals surface area contributed by atoms with Crippen LogP contribution in [0.1, 0.15) is 21.0 Å². The number of anilines is 1. The lowest BCUT2D eigenvalue weighted by molar-refractivity contribution is -0.385. The van der Waals surface area contributed by atoms with Gasteiger partial charge in [0.2, 0.25) is 0 Å². The molecule has 10 heteroatoms. The molecule has 2 rings (SSSR count). The highest BCUT2D eigenvalue weighted by atomic mass is 19.1. The summed E-state index contributed by atoms with van der Waals surface area (Å²) in [6.07, 6.45) is 1.00. The second kappa shape index (κ2) is 5.36. The Morgan fingerprint density at radius 3 is 2.71 bits per heavy atom. The number of non-ortho nitro benzene ring substituents is 1. The number of carboxylic acids is 1. The zero-order valence-corrected chi connectivity index (χ0v) is 10.2. The van der Waals surface area contributed by atoms with E-state index in [1.165, 1.54) is 0 Å². The number of aromatic nitrogens is 2. The van der Waals surface area contributed by atoms with Crippen LogP contribution >= 0.6 is 0 Å². The predicted octanol–water partition coefficient (Wildman–Crippen LogP) is 1.41. The first kappa shape index (κ1) is 14.1.